The maximum atomic E-state index is 5.87. The number of rotatable bonds is 3. The molecule has 2 rings (SSSR count). The molecule has 0 radical (unpaired) electrons. The van der Waals surface area contributed by atoms with Crippen LogP contribution in [0, 0.1) is 20.8 Å². The predicted octanol–water partition coefficient (Wildman–Crippen LogP) is 3.01. The highest BCUT2D eigenvalue weighted by Crippen LogP contribution is 2.15. The molecule has 0 saturated heterocycles. The summed E-state index contributed by atoms with van der Waals surface area (Å²) in [5, 5.41) is 0. The van der Waals surface area contributed by atoms with E-state index in [0.29, 0.717) is 0 Å². The molecule has 0 aliphatic rings. The zero-order valence-electron chi connectivity index (χ0n) is 12.1. The second-order valence-electron chi connectivity index (χ2n) is 5.21. The summed E-state index contributed by atoms with van der Waals surface area (Å²) in [6.45, 7) is 8.19. The Kier molecular flexibility index (Phi) is 3.96. The van der Waals surface area contributed by atoms with Gasteiger partial charge in [-0.15, -0.1) is 0 Å². The molecule has 0 aliphatic carbocycles. The Bertz CT molecular complexity index is 589. The summed E-state index contributed by atoms with van der Waals surface area (Å²) in [5.74, 6) is 0.852. The van der Waals surface area contributed by atoms with Crippen molar-refractivity contribution in [1.29, 1.82) is 0 Å². The minimum Gasteiger partial charge on any atom is -0.324 e. The lowest BCUT2D eigenvalue weighted by atomic mass is 10.0. The minimum atomic E-state index is -0.0179. The summed E-state index contributed by atoms with van der Waals surface area (Å²) in [4.78, 5) is 8.97. The molecule has 1 aromatic heterocycles. The number of nitrogens with zero attached hydrogens (tertiary/aromatic N) is 2. The number of hydrogen-bond acceptors (Lipinski definition) is 3. The molecule has 3 nitrogen and oxygen atoms in total. The van der Waals surface area contributed by atoms with Crippen molar-refractivity contribution in [2.24, 2.45) is 5.73 Å². The minimum absolute atomic E-state index is 0.0179. The fraction of sp³-hybridized carbons (Fsp3) is 0.375. The normalized spacial score (nSPS) is 12.5. The molecule has 3 heteroatoms. The van der Waals surface area contributed by atoms with E-state index in [2.05, 4.69) is 42.0 Å². The van der Waals surface area contributed by atoms with Crippen molar-refractivity contribution in [2.45, 2.75) is 40.2 Å². The molecule has 2 aromatic rings. The molecule has 2 N–H and O–H groups in total. The van der Waals surface area contributed by atoms with Gasteiger partial charge in [0.15, 0.2) is 0 Å². The molecule has 0 saturated carbocycles. The highest BCUT2D eigenvalue weighted by Gasteiger charge is 2.08. The third-order valence-corrected chi connectivity index (χ3v) is 3.49. The molecular weight excluding hydrogens is 234 g/mol. The van der Waals surface area contributed by atoms with Gasteiger partial charge >= 0.3 is 0 Å². The van der Waals surface area contributed by atoms with Crippen LogP contribution < -0.4 is 5.73 Å². The van der Waals surface area contributed by atoms with Crippen molar-refractivity contribution < 1.29 is 0 Å². The summed E-state index contributed by atoms with van der Waals surface area (Å²) in [7, 11) is 0. The van der Waals surface area contributed by atoms with E-state index in [-0.39, 0.29) is 6.04 Å². The van der Waals surface area contributed by atoms with Crippen molar-refractivity contribution >= 4 is 0 Å². The van der Waals surface area contributed by atoms with Gasteiger partial charge in [-0.25, -0.2) is 9.97 Å². The standard InChI is InChI=1S/C16H21N3/c1-10-5-6-14(7-11(10)2)8-16-18-9-15(12(3)17)13(4)19-16/h5-7,9,12H,8,17H2,1-4H3/t12-/m0/s1. The number of nitrogens with two attached hydrogens (primary N) is 1. The van der Waals surface area contributed by atoms with E-state index < -0.39 is 0 Å². The lowest BCUT2D eigenvalue weighted by molar-refractivity contribution is 0.776. The molecule has 1 atom stereocenters. The number of aromatic nitrogens is 2. The van der Waals surface area contributed by atoms with Gasteiger partial charge in [0.1, 0.15) is 5.82 Å². The van der Waals surface area contributed by atoms with E-state index in [4.69, 9.17) is 5.73 Å². The molecular formula is C16H21N3. The second kappa shape index (κ2) is 5.49. The molecule has 1 aromatic carbocycles. The third kappa shape index (κ3) is 3.18. The van der Waals surface area contributed by atoms with Crippen molar-refractivity contribution in [3.63, 3.8) is 0 Å². The highest BCUT2D eigenvalue weighted by molar-refractivity contribution is 5.31. The van der Waals surface area contributed by atoms with Gasteiger partial charge in [-0.3, -0.25) is 0 Å². The monoisotopic (exact) mass is 255 g/mol. The molecule has 0 bridgehead atoms. The molecule has 0 fully saturated rings. The molecule has 0 spiro atoms. The molecule has 0 unspecified atom stereocenters. The van der Waals surface area contributed by atoms with E-state index in [1.807, 2.05) is 20.0 Å². The first-order valence-electron chi connectivity index (χ1n) is 6.61. The van der Waals surface area contributed by atoms with E-state index in [9.17, 15) is 0 Å². The van der Waals surface area contributed by atoms with Crippen LogP contribution in [0.5, 0.6) is 0 Å². The van der Waals surface area contributed by atoms with Crippen molar-refractivity contribution in [3.8, 4) is 0 Å². The van der Waals surface area contributed by atoms with E-state index in [1.165, 1.54) is 16.7 Å². The van der Waals surface area contributed by atoms with Crippen LogP contribution in [0.25, 0.3) is 0 Å². The Hall–Kier alpha value is -1.74. The zero-order valence-corrected chi connectivity index (χ0v) is 12.1. The summed E-state index contributed by atoms with van der Waals surface area (Å²) >= 11 is 0. The number of aryl methyl sites for hydroxylation is 3. The van der Waals surface area contributed by atoms with Crippen LogP contribution in [0.4, 0.5) is 0 Å². The van der Waals surface area contributed by atoms with E-state index in [1.54, 1.807) is 0 Å². The Balaban J connectivity index is 2.24. The Labute approximate surface area is 114 Å². The molecule has 1 heterocycles. The van der Waals surface area contributed by atoms with Gasteiger partial charge in [-0.2, -0.15) is 0 Å². The van der Waals surface area contributed by atoms with E-state index >= 15 is 0 Å². The first-order valence-corrected chi connectivity index (χ1v) is 6.61. The lowest BCUT2D eigenvalue weighted by Crippen LogP contribution is -2.10. The highest BCUT2D eigenvalue weighted by atomic mass is 14.9. The van der Waals surface area contributed by atoms with Crippen LogP contribution in [-0.2, 0) is 6.42 Å². The fourth-order valence-electron chi connectivity index (χ4n) is 2.15. The van der Waals surface area contributed by atoms with Crippen molar-refractivity contribution in [1.82, 2.24) is 9.97 Å². The van der Waals surface area contributed by atoms with Crippen LogP contribution in [0.3, 0.4) is 0 Å². The SMILES string of the molecule is Cc1ccc(Cc2ncc([C@H](C)N)c(C)n2)cc1C. The number of benzene rings is 1. The smallest absolute Gasteiger partial charge is 0.132 e. The van der Waals surface area contributed by atoms with Crippen molar-refractivity contribution in [3.05, 3.63) is 58.2 Å². The van der Waals surface area contributed by atoms with Crippen LogP contribution in [0.1, 0.15) is 46.7 Å². The Morgan fingerprint density at radius 3 is 2.47 bits per heavy atom. The molecule has 19 heavy (non-hydrogen) atoms. The predicted molar refractivity (Wildman–Crippen MR) is 78.1 cm³/mol. The average molecular weight is 255 g/mol. The summed E-state index contributed by atoms with van der Waals surface area (Å²) in [5.41, 5.74) is 11.7. The second-order valence-corrected chi connectivity index (χ2v) is 5.21. The summed E-state index contributed by atoms with van der Waals surface area (Å²) in [6, 6.07) is 6.47. The van der Waals surface area contributed by atoms with E-state index in [0.717, 1.165) is 23.5 Å². The molecule has 0 aliphatic heterocycles. The maximum Gasteiger partial charge on any atom is 0.132 e. The van der Waals surface area contributed by atoms with Crippen molar-refractivity contribution in [2.75, 3.05) is 0 Å². The molecule has 100 valence electrons. The summed E-state index contributed by atoms with van der Waals surface area (Å²) in [6.07, 6.45) is 2.62. The van der Waals surface area contributed by atoms with Gasteiger partial charge in [0.2, 0.25) is 0 Å². The van der Waals surface area contributed by atoms with Gasteiger partial charge in [-0.05, 0) is 44.4 Å². The number of hydrogen-bond donors (Lipinski definition) is 1. The zero-order chi connectivity index (χ0) is 14.0. The first kappa shape index (κ1) is 13.7. The van der Waals surface area contributed by atoms with Gasteiger partial charge in [0, 0.05) is 29.9 Å². The van der Waals surface area contributed by atoms with Gasteiger partial charge < -0.3 is 5.73 Å². The largest absolute Gasteiger partial charge is 0.324 e. The van der Waals surface area contributed by atoms with Crippen LogP contribution >= 0.6 is 0 Å². The summed E-state index contributed by atoms with van der Waals surface area (Å²) < 4.78 is 0. The Morgan fingerprint density at radius 2 is 1.89 bits per heavy atom. The molecule has 0 amide bonds. The topological polar surface area (TPSA) is 51.8 Å². The van der Waals surface area contributed by atoms with Gasteiger partial charge in [0.25, 0.3) is 0 Å². The van der Waals surface area contributed by atoms with Gasteiger partial charge in [-0.1, -0.05) is 18.2 Å². The van der Waals surface area contributed by atoms with Crippen LogP contribution in [-0.4, -0.2) is 9.97 Å². The quantitative estimate of drug-likeness (QED) is 0.917. The third-order valence-electron chi connectivity index (χ3n) is 3.49. The maximum absolute atomic E-state index is 5.87. The first-order chi connectivity index (χ1) is 8.97. The Morgan fingerprint density at radius 1 is 1.16 bits per heavy atom. The lowest BCUT2D eigenvalue weighted by Gasteiger charge is -2.10. The fourth-order valence-corrected chi connectivity index (χ4v) is 2.15. The average Bonchev–Trinajstić information content (AvgIpc) is 2.33. The van der Waals surface area contributed by atoms with Gasteiger partial charge in [0.05, 0.1) is 0 Å². The van der Waals surface area contributed by atoms with Crippen LogP contribution in [0.15, 0.2) is 24.4 Å². The van der Waals surface area contributed by atoms with Crippen LogP contribution in [0.2, 0.25) is 0 Å².